The summed E-state index contributed by atoms with van der Waals surface area (Å²) in [6.45, 7) is 1.01. The molecule has 3 heteroatoms. The molecule has 0 aromatic heterocycles. The summed E-state index contributed by atoms with van der Waals surface area (Å²) < 4.78 is 0. The van der Waals surface area contributed by atoms with Gasteiger partial charge in [-0.1, -0.05) is 50.7 Å². The molecule has 2 aliphatic carbocycles. The lowest BCUT2D eigenvalue weighted by molar-refractivity contribution is 0.363. The van der Waals surface area contributed by atoms with Gasteiger partial charge in [0.05, 0.1) is 16.9 Å². The first-order chi connectivity index (χ1) is 11.4. The summed E-state index contributed by atoms with van der Waals surface area (Å²) in [5.41, 5.74) is 2.48. The van der Waals surface area contributed by atoms with Gasteiger partial charge >= 0.3 is 0 Å². The van der Waals surface area contributed by atoms with Crippen LogP contribution in [0.25, 0.3) is 0 Å². The average Bonchev–Trinajstić information content (AvgIpc) is 2.61. The molecule has 2 N–H and O–H groups in total. The highest BCUT2D eigenvalue weighted by molar-refractivity contribution is 6.09. The molecule has 23 heavy (non-hydrogen) atoms. The number of amidine groups is 1. The summed E-state index contributed by atoms with van der Waals surface area (Å²) in [6, 6.07) is 8.57. The molecule has 124 valence electrons. The smallest absolute Gasteiger partial charge is 0.127 e. The molecule has 0 saturated heterocycles. The van der Waals surface area contributed by atoms with Gasteiger partial charge in [0.15, 0.2) is 0 Å². The largest absolute Gasteiger partial charge is 0.371 e. The van der Waals surface area contributed by atoms with Crippen LogP contribution in [0, 0.1) is 5.92 Å². The lowest BCUT2D eigenvalue weighted by Gasteiger charge is -2.44. The molecule has 4 rings (SSSR count). The molecule has 0 radical (unpaired) electrons. The van der Waals surface area contributed by atoms with E-state index in [2.05, 4.69) is 34.9 Å². The van der Waals surface area contributed by atoms with E-state index >= 15 is 0 Å². The Morgan fingerprint density at radius 1 is 0.913 bits per heavy atom. The van der Waals surface area contributed by atoms with Crippen molar-refractivity contribution in [2.24, 2.45) is 10.9 Å². The van der Waals surface area contributed by atoms with Gasteiger partial charge in [-0.15, -0.1) is 0 Å². The predicted molar refractivity (Wildman–Crippen MR) is 98.4 cm³/mol. The number of rotatable bonds is 2. The summed E-state index contributed by atoms with van der Waals surface area (Å²) in [5.74, 6) is 2.01. The Bertz CT molecular complexity index is 566. The normalized spacial score (nSPS) is 25.7. The maximum absolute atomic E-state index is 5.13. The van der Waals surface area contributed by atoms with E-state index in [1.165, 1.54) is 81.4 Å². The molecule has 2 saturated carbocycles. The van der Waals surface area contributed by atoms with Crippen molar-refractivity contribution in [1.82, 2.24) is 0 Å². The molecular weight excluding hydrogens is 282 g/mol. The van der Waals surface area contributed by atoms with Crippen molar-refractivity contribution in [3.05, 3.63) is 24.3 Å². The Hall–Kier alpha value is -1.51. The van der Waals surface area contributed by atoms with Gasteiger partial charge in [0, 0.05) is 6.54 Å². The number of fused-ring (bicyclic) bond motifs is 1. The van der Waals surface area contributed by atoms with Crippen molar-refractivity contribution in [2.75, 3.05) is 17.2 Å². The van der Waals surface area contributed by atoms with Gasteiger partial charge in [0.2, 0.25) is 0 Å². The molecule has 1 aromatic carbocycles. The number of para-hydroxylation sites is 2. The van der Waals surface area contributed by atoms with Gasteiger partial charge in [-0.3, -0.25) is 4.99 Å². The van der Waals surface area contributed by atoms with Crippen molar-refractivity contribution >= 4 is 17.2 Å². The van der Waals surface area contributed by atoms with Crippen LogP contribution in [0.4, 0.5) is 11.4 Å². The molecule has 3 aliphatic rings. The second-order valence-corrected chi connectivity index (χ2v) is 7.63. The fourth-order valence-electron chi connectivity index (χ4n) is 4.56. The molecule has 1 heterocycles. The summed E-state index contributed by atoms with van der Waals surface area (Å²) >= 11 is 0. The monoisotopic (exact) mass is 311 g/mol. The third-order valence-electron chi connectivity index (χ3n) is 5.95. The minimum atomic E-state index is 0.0568. The first-order valence-electron chi connectivity index (χ1n) is 9.55. The molecular formula is C20H29N3. The maximum Gasteiger partial charge on any atom is 0.127 e. The van der Waals surface area contributed by atoms with Crippen LogP contribution in [0.3, 0.4) is 0 Å². The van der Waals surface area contributed by atoms with Crippen LogP contribution in [0.15, 0.2) is 29.3 Å². The molecule has 0 bridgehead atoms. The van der Waals surface area contributed by atoms with E-state index in [0.29, 0.717) is 0 Å². The number of hydrogen-bond donors (Lipinski definition) is 2. The van der Waals surface area contributed by atoms with Crippen LogP contribution in [0.5, 0.6) is 0 Å². The van der Waals surface area contributed by atoms with E-state index in [4.69, 9.17) is 4.99 Å². The predicted octanol–water partition coefficient (Wildman–Crippen LogP) is 5.21. The Labute approximate surface area is 140 Å². The standard InChI is InChI=1S/C20H29N3/c1-3-9-16(10-4-1)15-21-19-20(13-7-2-8-14-20)23-18-12-6-5-11-17(18)22-19/h5-6,11-12,16,23H,1-4,7-10,13-15H2,(H,21,22). The first kappa shape index (κ1) is 15.0. The zero-order valence-corrected chi connectivity index (χ0v) is 14.1. The Morgan fingerprint density at radius 3 is 2.39 bits per heavy atom. The SMILES string of the molecule is c1ccc2c(c1)NC(=NCC1CCCCC1)C1(CCCCC1)N2. The second-order valence-electron chi connectivity index (χ2n) is 7.63. The van der Waals surface area contributed by atoms with Crippen LogP contribution in [-0.2, 0) is 0 Å². The highest BCUT2D eigenvalue weighted by Crippen LogP contribution is 2.39. The Morgan fingerprint density at radius 2 is 1.61 bits per heavy atom. The van der Waals surface area contributed by atoms with Gasteiger partial charge in [0.25, 0.3) is 0 Å². The molecule has 2 fully saturated rings. The number of nitrogens with zero attached hydrogens (tertiary/aromatic N) is 1. The minimum Gasteiger partial charge on any atom is -0.371 e. The Kier molecular flexibility index (Phi) is 4.28. The lowest BCUT2D eigenvalue weighted by Crippen LogP contribution is -2.53. The van der Waals surface area contributed by atoms with Gasteiger partial charge in [-0.25, -0.2) is 0 Å². The summed E-state index contributed by atoms with van der Waals surface area (Å²) in [5, 5.41) is 7.54. The van der Waals surface area contributed by atoms with Gasteiger partial charge < -0.3 is 10.6 Å². The fourth-order valence-corrected chi connectivity index (χ4v) is 4.56. The van der Waals surface area contributed by atoms with Crippen LogP contribution in [0.2, 0.25) is 0 Å². The zero-order chi connectivity index (χ0) is 15.5. The quantitative estimate of drug-likeness (QED) is 0.787. The van der Waals surface area contributed by atoms with Crippen LogP contribution in [0.1, 0.15) is 64.2 Å². The summed E-state index contributed by atoms with van der Waals surface area (Å²) in [6.07, 6.45) is 13.3. The third kappa shape index (κ3) is 3.11. The van der Waals surface area contributed by atoms with Crippen molar-refractivity contribution in [3.63, 3.8) is 0 Å². The average molecular weight is 311 g/mol. The van der Waals surface area contributed by atoms with E-state index < -0.39 is 0 Å². The maximum atomic E-state index is 5.13. The summed E-state index contributed by atoms with van der Waals surface area (Å²) in [7, 11) is 0. The van der Waals surface area contributed by atoms with E-state index in [1.54, 1.807) is 0 Å². The van der Waals surface area contributed by atoms with Gasteiger partial charge in [-0.2, -0.15) is 0 Å². The first-order valence-corrected chi connectivity index (χ1v) is 9.55. The van der Waals surface area contributed by atoms with E-state index in [9.17, 15) is 0 Å². The molecule has 0 unspecified atom stereocenters. The molecule has 0 amide bonds. The molecule has 1 aromatic rings. The number of aliphatic imine (C=N–C) groups is 1. The molecule has 0 atom stereocenters. The summed E-state index contributed by atoms with van der Waals surface area (Å²) in [4.78, 5) is 5.13. The van der Waals surface area contributed by atoms with E-state index in [0.717, 1.165) is 12.5 Å². The highest BCUT2D eigenvalue weighted by atomic mass is 15.2. The zero-order valence-electron chi connectivity index (χ0n) is 14.1. The fraction of sp³-hybridized carbons (Fsp3) is 0.650. The molecule has 3 nitrogen and oxygen atoms in total. The number of nitrogens with one attached hydrogen (secondary N) is 2. The third-order valence-corrected chi connectivity index (χ3v) is 5.95. The van der Waals surface area contributed by atoms with Crippen LogP contribution < -0.4 is 10.6 Å². The van der Waals surface area contributed by atoms with Gasteiger partial charge in [-0.05, 0) is 43.7 Å². The van der Waals surface area contributed by atoms with Crippen molar-refractivity contribution in [1.29, 1.82) is 0 Å². The minimum absolute atomic E-state index is 0.0568. The van der Waals surface area contributed by atoms with Crippen molar-refractivity contribution < 1.29 is 0 Å². The van der Waals surface area contributed by atoms with E-state index in [-0.39, 0.29) is 5.54 Å². The van der Waals surface area contributed by atoms with Crippen LogP contribution >= 0.6 is 0 Å². The molecule has 1 aliphatic heterocycles. The topological polar surface area (TPSA) is 36.4 Å². The van der Waals surface area contributed by atoms with Crippen molar-refractivity contribution in [3.8, 4) is 0 Å². The number of anilines is 2. The number of hydrogen-bond acceptors (Lipinski definition) is 2. The van der Waals surface area contributed by atoms with Crippen LogP contribution in [-0.4, -0.2) is 17.9 Å². The van der Waals surface area contributed by atoms with Gasteiger partial charge in [0.1, 0.15) is 5.84 Å². The highest BCUT2D eigenvalue weighted by Gasteiger charge is 2.40. The second kappa shape index (κ2) is 6.54. The number of benzene rings is 1. The van der Waals surface area contributed by atoms with Crippen molar-refractivity contribution in [2.45, 2.75) is 69.7 Å². The molecule has 1 spiro atoms. The lowest BCUT2D eigenvalue weighted by atomic mass is 9.79. The Balaban J connectivity index is 1.59. The van der Waals surface area contributed by atoms with E-state index in [1.807, 2.05) is 0 Å².